The van der Waals surface area contributed by atoms with Gasteiger partial charge >= 0.3 is 0 Å². The van der Waals surface area contributed by atoms with Crippen molar-refractivity contribution >= 4 is 39.9 Å². The summed E-state index contributed by atoms with van der Waals surface area (Å²) in [6, 6.07) is 13.7. The number of rotatable bonds is 5. The van der Waals surface area contributed by atoms with Crippen molar-refractivity contribution in [3.63, 3.8) is 0 Å². The summed E-state index contributed by atoms with van der Waals surface area (Å²) >= 11 is 7.70. The number of aryl methyl sites for hydroxylation is 2. The van der Waals surface area contributed by atoms with Crippen molar-refractivity contribution in [1.29, 1.82) is 0 Å². The van der Waals surface area contributed by atoms with E-state index in [1.165, 1.54) is 11.3 Å². The van der Waals surface area contributed by atoms with Gasteiger partial charge < -0.3 is 10.2 Å². The fraction of sp³-hybridized carbons (Fsp3) is 0.320. The van der Waals surface area contributed by atoms with Crippen molar-refractivity contribution in [3.8, 4) is 0 Å². The topological polar surface area (TPSA) is 62.3 Å². The second-order valence-corrected chi connectivity index (χ2v) is 9.79. The van der Waals surface area contributed by atoms with E-state index < -0.39 is 0 Å². The number of hydrogen-bond acceptors (Lipinski definition) is 4. The zero-order valence-electron chi connectivity index (χ0n) is 18.2. The van der Waals surface area contributed by atoms with E-state index in [1.807, 2.05) is 55.1 Å². The number of nitrogens with one attached hydrogen (secondary N) is 1. The minimum Gasteiger partial charge on any atom is -0.339 e. The molecule has 1 aliphatic rings. The van der Waals surface area contributed by atoms with E-state index in [1.54, 1.807) is 6.20 Å². The Balaban J connectivity index is 1.30. The molecule has 0 spiro atoms. The summed E-state index contributed by atoms with van der Waals surface area (Å²) in [7, 11) is 0. The molecule has 166 valence electrons. The van der Waals surface area contributed by atoms with Gasteiger partial charge in [0.25, 0.3) is 5.91 Å². The molecule has 0 saturated carbocycles. The highest BCUT2D eigenvalue weighted by molar-refractivity contribution is 7.15. The molecule has 0 radical (unpaired) electrons. The lowest BCUT2D eigenvalue weighted by molar-refractivity contribution is -0.121. The molecule has 3 aromatic rings. The molecule has 4 rings (SSSR count). The van der Waals surface area contributed by atoms with Gasteiger partial charge in [-0.05, 0) is 55.5 Å². The Hall–Kier alpha value is -2.70. The summed E-state index contributed by atoms with van der Waals surface area (Å²) in [4.78, 5) is 32.8. The highest BCUT2D eigenvalue weighted by atomic mass is 35.5. The monoisotopic (exact) mass is 467 g/mol. The standard InChI is InChI=1S/C25H26ClN3O2S/c1-16-5-3-4-6-21(16)24(31)29-11-9-19(10-12-29)23(30)28-25-27-15-20(32-25)13-18-8-7-17(2)22(26)14-18/h3-8,14-15,19H,9-13H2,1-2H3,(H,27,28,30). The van der Waals surface area contributed by atoms with Crippen LogP contribution < -0.4 is 5.32 Å². The first kappa shape index (κ1) is 22.5. The van der Waals surface area contributed by atoms with Gasteiger partial charge in [-0.2, -0.15) is 0 Å². The second-order valence-electron chi connectivity index (χ2n) is 8.26. The van der Waals surface area contributed by atoms with E-state index in [4.69, 9.17) is 11.6 Å². The number of piperidine rings is 1. The molecule has 0 bridgehead atoms. The van der Waals surface area contributed by atoms with Crippen LogP contribution in [0.25, 0.3) is 0 Å². The van der Waals surface area contributed by atoms with Gasteiger partial charge in [-0.1, -0.05) is 41.9 Å². The number of hydrogen-bond donors (Lipinski definition) is 1. The van der Waals surface area contributed by atoms with E-state index in [0.717, 1.165) is 38.6 Å². The zero-order valence-corrected chi connectivity index (χ0v) is 19.8. The Morgan fingerprint density at radius 3 is 2.59 bits per heavy atom. The third-order valence-electron chi connectivity index (χ3n) is 5.93. The van der Waals surface area contributed by atoms with Crippen LogP contribution in [0.15, 0.2) is 48.7 Å². The quantitative estimate of drug-likeness (QED) is 0.539. The van der Waals surface area contributed by atoms with Crippen LogP contribution in [0.1, 0.15) is 44.8 Å². The van der Waals surface area contributed by atoms with Crippen molar-refractivity contribution in [2.45, 2.75) is 33.1 Å². The van der Waals surface area contributed by atoms with Gasteiger partial charge in [0.2, 0.25) is 5.91 Å². The molecule has 7 heteroatoms. The molecule has 2 aromatic carbocycles. The molecule has 32 heavy (non-hydrogen) atoms. The number of nitrogens with zero attached hydrogens (tertiary/aromatic N) is 2. The second kappa shape index (κ2) is 9.84. The van der Waals surface area contributed by atoms with Gasteiger partial charge in [-0.25, -0.2) is 4.98 Å². The number of likely N-dealkylation sites (tertiary alicyclic amines) is 1. The molecule has 0 unspecified atom stereocenters. The highest BCUT2D eigenvalue weighted by Gasteiger charge is 2.28. The Labute approximate surface area is 197 Å². The lowest BCUT2D eigenvalue weighted by Gasteiger charge is -2.31. The lowest BCUT2D eigenvalue weighted by Crippen LogP contribution is -2.41. The zero-order chi connectivity index (χ0) is 22.7. The first-order valence-electron chi connectivity index (χ1n) is 10.8. The summed E-state index contributed by atoms with van der Waals surface area (Å²) in [5.74, 6) is -0.0887. The van der Waals surface area contributed by atoms with Crippen molar-refractivity contribution in [2.24, 2.45) is 5.92 Å². The lowest BCUT2D eigenvalue weighted by atomic mass is 9.95. The molecule has 0 aliphatic carbocycles. The van der Waals surface area contributed by atoms with Crippen LogP contribution >= 0.6 is 22.9 Å². The Morgan fingerprint density at radius 2 is 1.88 bits per heavy atom. The number of aromatic nitrogens is 1. The van der Waals surface area contributed by atoms with Crippen molar-refractivity contribution < 1.29 is 9.59 Å². The average Bonchev–Trinajstić information content (AvgIpc) is 3.23. The first-order valence-corrected chi connectivity index (χ1v) is 12.0. The van der Waals surface area contributed by atoms with Crippen molar-refractivity contribution in [3.05, 3.63) is 80.8 Å². The maximum absolute atomic E-state index is 12.8. The predicted molar refractivity (Wildman–Crippen MR) is 130 cm³/mol. The maximum atomic E-state index is 12.8. The van der Waals surface area contributed by atoms with Gasteiger partial charge in [0, 0.05) is 47.1 Å². The van der Waals surface area contributed by atoms with Crippen LogP contribution in [0.3, 0.4) is 0 Å². The molecule has 1 aromatic heterocycles. The Kier molecular flexibility index (Phi) is 6.92. The van der Waals surface area contributed by atoms with Gasteiger partial charge in [-0.15, -0.1) is 11.3 Å². The van der Waals surface area contributed by atoms with Gasteiger partial charge in [0.15, 0.2) is 5.13 Å². The molecule has 5 nitrogen and oxygen atoms in total. The predicted octanol–water partition coefficient (Wildman–Crippen LogP) is 5.50. The molecule has 2 heterocycles. The summed E-state index contributed by atoms with van der Waals surface area (Å²) in [5.41, 5.74) is 3.89. The molecule has 1 N–H and O–H groups in total. The molecule has 1 aliphatic heterocycles. The smallest absolute Gasteiger partial charge is 0.254 e. The number of amides is 2. The van der Waals surface area contributed by atoms with E-state index in [9.17, 15) is 9.59 Å². The fourth-order valence-electron chi connectivity index (χ4n) is 3.93. The average molecular weight is 468 g/mol. The molecular formula is C25H26ClN3O2S. The van der Waals surface area contributed by atoms with Crippen LogP contribution in [-0.2, 0) is 11.2 Å². The molecular weight excluding hydrogens is 442 g/mol. The van der Waals surface area contributed by atoms with Crippen LogP contribution in [0.5, 0.6) is 0 Å². The SMILES string of the molecule is Cc1ccc(Cc2cnc(NC(=O)C3CCN(C(=O)c4ccccc4C)CC3)s2)cc1Cl. The number of thiazole rings is 1. The van der Waals surface area contributed by atoms with Crippen molar-refractivity contribution in [2.75, 3.05) is 18.4 Å². The van der Waals surface area contributed by atoms with Gasteiger partial charge in [0.1, 0.15) is 0 Å². The van der Waals surface area contributed by atoms with Gasteiger partial charge in [-0.3, -0.25) is 9.59 Å². The van der Waals surface area contributed by atoms with Crippen LogP contribution in [0.2, 0.25) is 5.02 Å². The number of anilines is 1. The number of halogens is 1. The van der Waals surface area contributed by atoms with E-state index >= 15 is 0 Å². The molecule has 2 amide bonds. The Bertz CT molecular complexity index is 1140. The molecule has 0 atom stereocenters. The van der Waals surface area contributed by atoms with Crippen LogP contribution in [-0.4, -0.2) is 34.8 Å². The number of carbonyl (C=O) groups is 2. The largest absolute Gasteiger partial charge is 0.339 e. The fourth-order valence-corrected chi connectivity index (χ4v) is 4.98. The van der Waals surface area contributed by atoms with E-state index in [-0.39, 0.29) is 17.7 Å². The third-order valence-corrected chi connectivity index (χ3v) is 7.25. The number of carbonyl (C=O) groups excluding carboxylic acids is 2. The van der Waals surface area contributed by atoms with Crippen LogP contribution in [0.4, 0.5) is 5.13 Å². The van der Waals surface area contributed by atoms with Crippen LogP contribution in [0, 0.1) is 19.8 Å². The summed E-state index contributed by atoms with van der Waals surface area (Å²) in [5, 5.41) is 4.33. The summed E-state index contributed by atoms with van der Waals surface area (Å²) in [6.45, 7) is 5.10. The maximum Gasteiger partial charge on any atom is 0.254 e. The van der Waals surface area contributed by atoms with Gasteiger partial charge in [0.05, 0.1) is 0 Å². The minimum atomic E-state index is -0.112. The molecule has 1 fully saturated rings. The highest BCUT2D eigenvalue weighted by Crippen LogP contribution is 2.26. The first-order chi connectivity index (χ1) is 15.4. The van der Waals surface area contributed by atoms with E-state index in [0.29, 0.717) is 31.1 Å². The summed E-state index contributed by atoms with van der Waals surface area (Å²) < 4.78 is 0. The normalized spacial score (nSPS) is 14.4. The van der Waals surface area contributed by atoms with E-state index in [2.05, 4.69) is 16.4 Å². The summed E-state index contributed by atoms with van der Waals surface area (Å²) in [6.07, 6.45) is 3.84. The Morgan fingerprint density at radius 1 is 1.12 bits per heavy atom. The third kappa shape index (κ3) is 5.19. The molecule has 1 saturated heterocycles. The number of benzene rings is 2. The minimum absolute atomic E-state index is 0.0210. The van der Waals surface area contributed by atoms with Crippen molar-refractivity contribution in [1.82, 2.24) is 9.88 Å².